The molecule has 4 aromatic rings. The first kappa shape index (κ1) is 24.8. The quantitative estimate of drug-likeness (QED) is 0.302. The molecule has 198 valence electrons. The predicted molar refractivity (Wildman–Crippen MR) is 151 cm³/mol. The van der Waals surface area contributed by atoms with Gasteiger partial charge in [-0.15, -0.1) is 0 Å². The highest BCUT2D eigenvalue weighted by Gasteiger charge is 2.24. The number of hydrogen-bond donors (Lipinski definition) is 3. The third-order valence-corrected chi connectivity index (χ3v) is 8.22. The number of likely N-dealkylation sites (tertiary alicyclic amines) is 1. The van der Waals surface area contributed by atoms with Gasteiger partial charge < -0.3 is 15.6 Å². The fourth-order valence-corrected chi connectivity index (χ4v) is 5.95. The SMILES string of the molecule is CN1CCCC1c1cc2cnc(NC(=O)c3ccc(-c4cnn(CCCC5CCNCC5)c4)cc3)cc2[nH]1. The maximum atomic E-state index is 12.9. The molecule has 2 fully saturated rings. The van der Waals surface area contributed by atoms with E-state index in [1.54, 1.807) is 0 Å². The fourth-order valence-electron chi connectivity index (χ4n) is 5.95. The number of aromatic nitrogens is 4. The first-order valence-electron chi connectivity index (χ1n) is 14.0. The molecule has 38 heavy (non-hydrogen) atoms. The predicted octanol–water partition coefficient (Wildman–Crippen LogP) is 5.23. The Morgan fingerprint density at radius 1 is 1.08 bits per heavy atom. The third-order valence-electron chi connectivity index (χ3n) is 8.22. The van der Waals surface area contributed by atoms with Crippen LogP contribution in [0.15, 0.2) is 55.0 Å². The van der Waals surface area contributed by atoms with Gasteiger partial charge >= 0.3 is 0 Å². The van der Waals surface area contributed by atoms with Crippen LogP contribution in [-0.4, -0.2) is 57.2 Å². The summed E-state index contributed by atoms with van der Waals surface area (Å²) in [6, 6.07) is 12.2. The lowest BCUT2D eigenvalue weighted by Gasteiger charge is -2.22. The highest BCUT2D eigenvalue weighted by Crippen LogP contribution is 2.32. The molecule has 3 N–H and O–H groups in total. The number of carbonyl (C=O) groups is 1. The molecule has 3 aromatic heterocycles. The number of benzene rings is 1. The summed E-state index contributed by atoms with van der Waals surface area (Å²) in [6.45, 7) is 4.38. The van der Waals surface area contributed by atoms with E-state index in [0.29, 0.717) is 17.4 Å². The zero-order chi connectivity index (χ0) is 25.9. The van der Waals surface area contributed by atoms with E-state index < -0.39 is 0 Å². The summed E-state index contributed by atoms with van der Waals surface area (Å²) in [7, 11) is 2.17. The van der Waals surface area contributed by atoms with Crippen molar-refractivity contribution in [3.05, 3.63) is 66.2 Å². The molecule has 2 saturated heterocycles. The van der Waals surface area contributed by atoms with Crippen LogP contribution >= 0.6 is 0 Å². The number of amides is 1. The molecule has 1 amide bonds. The summed E-state index contributed by atoms with van der Waals surface area (Å²) in [4.78, 5) is 23.3. The molecule has 5 heterocycles. The minimum atomic E-state index is -0.167. The van der Waals surface area contributed by atoms with Crippen molar-refractivity contribution in [1.29, 1.82) is 0 Å². The lowest BCUT2D eigenvalue weighted by atomic mass is 9.93. The Bertz CT molecular complexity index is 1380. The van der Waals surface area contributed by atoms with Crippen molar-refractivity contribution in [1.82, 2.24) is 30.0 Å². The first-order chi connectivity index (χ1) is 18.6. The zero-order valence-electron chi connectivity index (χ0n) is 22.1. The van der Waals surface area contributed by atoms with E-state index in [1.807, 2.05) is 47.4 Å². The van der Waals surface area contributed by atoms with Crippen molar-refractivity contribution < 1.29 is 4.79 Å². The van der Waals surface area contributed by atoms with Gasteiger partial charge in [0.05, 0.1) is 11.7 Å². The number of aromatic amines is 1. The molecule has 1 unspecified atom stereocenters. The Morgan fingerprint density at radius 3 is 2.71 bits per heavy atom. The van der Waals surface area contributed by atoms with Crippen LogP contribution in [-0.2, 0) is 6.54 Å². The second kappa shape index (κ2) is 11.1. The summed E-state index contributed by atoms with van der Waals surface area (Å²) < 4.78 is 2.04. The van der Waals surface area contributed by atoms with Crippen LogP contribution in [0.2, 0.25) is 0 Å². The lowest BCUT2D eigenvalue weighted by molar-refractivity contribution is 0.102. The summed E-state index contributed by atoms with van der Waals surface area (Å²) in [5, 5.41) is 12.0. The zero-order valence-corrected chi connectivity index (χ0v) is 22.1. The molecule has 0 radical (unpaired) electrons. The van der Waals surface area contributed by atoms with Gasteiger partial charge in [-0.2, -0.15) is 5.10 Å². The number of rotatable bonds is 8. The van der Waals surface area contributed by atoms with Crippen LogP contribution < -0.4 is 10.6 Å². The van der Waals surface area contributed by atoms with Crippen molar-refractivity contribution in [2.45, 2.75) is 51.1 Å². The molecule has 1 aromatic carbocycles. The number of carbonyl (C=O) groups excluding carboxylic acids is 1. The van der Waals surface area contributed by atoms with Crippen molar-refractivity contribution >= 4 is 22.6 Å². The highest BCUT2D eigenvalue weighted by molar-refractivity contribution is 6.04. The maximum Gasteiger partial charge on any atom is 0.256 e. The summed E-state index contributed by atoms with van der Waals surface area (Å²) in [6.07, 6.45) is 13.2. The van der Waals surface area contributed by atoms with Crippen LogP contribution in [0.1, 0.15) is 60.6 Å². The van der Waals surface area contributed by atoms with Crippen LogP contribution in [0.3, 0.4) is 0 Å². The normalized spacial score (nSPS) is 18.8. The fraction of sp³-hybridized carbons (Fsp3) is 0.433. The topological polar surface area (TPSA) is 90.9 Å². The number of nitrogens with zero attached hydrogens (tertiary/aromatic N) is 4. The van der Waals surface area contributed by atoms with E-state index in [4.69, 9.17) is 0 Å². The smallest absolute Gasteiger partial charge is 0.256 e. The second-order valence-electron chi connectivity index (χ2n) is 10.9. The summed E-state index contributed by atoms with van der Waals surface area (Å²) in [5.74, 6) is 1.23. The minimum absolute atomic E-state index is 0.167. The average Bonchev–Trinajstić information content (AvgIpc) is 3.69. The van der Waals surface area contributed by atoms with E-state index in [1.165, 1.54) is 31.4 Å². The van der Waals surface area contributed by atoms with E-state index in [-0.39, 0.29) is 5.91 Å². The number of hydrogen-bond acceptors (Lipinski definition) is 5. The molecular formula is C30H37N7O. The first-order valence-corrected chi connectivity index (χ1v) is 14.0. The third kappa shape index (κ3) is 5.51. The molecule has 2 aliphatic rings. The molecular weight excluding hydrogens is 474 g/mol. The molecule has 8 nitrogen and oxygen atoms in total. The van der Waals surface area contributed by atoms with Gasteiger partial charge in [-0.3, -0.25) is 14.4 Å². The molecule has 2 aliphatic heterocycles. The van der Waals surface area contributed by atoms with Gasteiger partial charge in [0.15, 0.2) is 0 Å². The largest absolute Gasteiger partial charge is 0.357 e. The van der Waals surface area contributed by atoms with Gasteiger partial charge in [-0.25, -0.2) is 4.98 Å². The molecule has 0 spiro atoms. The van der Waals surface area contributed by atoms with Crippen LogP contribution in [0.4, 0.5) is 5.82 Å². The maximum absolute atomic E-state index is 12.9. The minimum Gasteiger partial charge on any atom is -0.357 e. The van der Waals surface area contributed by atoms with Crippen LogP contribution in [0, 0.1) is 5.92 Å². The van der Waals surface area contributed by atoms with Gasteiger partial charge in [0.2, 0.25) is 0 Å². The van der Waals surface area contributed by atoms with Gasteiger partial charge in [-0.05, 0) is 94.9 Å². The van der Waals surface area contributed by atoms with E-state index in [0.717, 1.165) is 67.0 Å². The number of piperidine rings is 1. The molecule has 0 bridgehead atoms. The summed E-state index contributed by atoms with van der Waals surface area (Å²) >= 11 is 0. The van der Waals surface area contributed by atoms with Gasteiger partial charge in [0.25, 0.3) is 5.91 Å². The van der Waals surface area contributed by atoms with Crippen LogP contribution in [0.5, 0.6) is 0 Å². The summed E-state index contributed by atoms with van der Waals surface area (Å²) in [5.41, 5.74) is 4.94. The Labute approximate surface area is 223 Å². The molecule has 1 atom stereocenters. The monoisotopic (exact) mass is 511 g/mol. The Morgan fingerprint density at radius 2 is 1.92 bits per heavy atom. The molecule has 0 aliphatic carbocycles. The Kier molecular flexibility index (Phi) is 7.25. The van der Waals surface area contributed by atoms with Gasteiger partial charge in [0.1, 0.15) is 5.82 Å². The van der Waals surface area contributed by atoms with Gasteiger partial charge in [0, 0.05) is 53.3 Å². The standard InChI is InChI=1S/C30H37N7O/c1-36-14-3-5-28(36)27-16-24-18-32-29(17-26(24)34-27)35-30(38)23-8-6-22(7-9-23)25-19-33-37(20-25)15-2-4-21-10-12-31-13-11-21/h6-9,16-21,28,31,34H,2-5,10-15H2,1H3,(H,32,35,38). The van der Waals surface area contributed by atoms with E-state index in [9.17, 15) is 4.79 Å². The Balaban J connectivity index is 1.06. The van der Waals surface area contributed by atoms with Gasteiger partial charge in [-0.1, -0.05) is 12.1 Å². The molecule has 0 saturated carbocycles. The van der Waals surface area contributed by atoms with Crippen LogP contribution in [0.25, 0.3) is 22.0 Å². The van der Waals surface area contributed by atoms with Crippen molar-refractivity contribution in [2.24, 2.45) is 5.92 Å². The van der Waals surface area contributed by atoms with E-state index in [2.05, 4.69) is 49.9 Å². The van der Waals surface area contributed by atoms with Crippen molar-refractivity contribution in [3.63, 3.8) is 0 Å². The number of H-pyrrole nitrogens is 1. The molecule has 6 rings (SSSR count). The number of anilines is 1. The van der Waals surface area contributed by atoms with E-state index >= 15 is 0 Å². The highest BCUT2D eigenvalue weighted by atomic mass is 16.1. The number of pyridine rings is 1. The molecule has 8 heteroatoms. The van der Waals surface area contributed by atoms with Crippen molar-refractivity contribution in [2.75, 3.05) is 32.0 Å². The lowest BCUT2D eigenvalue weighted by Crippen LogP contribution is -2.27. The number of aryl methyl sites for hydroxylation is 1. The average molecular weight is 512 g/mol. The number of nitrogens with one attached hydrogen (secondary N) is 3. The Hall–Kier alpha value is -3.49. The van der Waals surface area contributed by atoms with Crippen molar-refractivity contribution in [3.8, 4) is 11.1 Å². The second-order valence-corrected chi connectivity index (χ2v) is 10.9. The number of fused-ring (bicyclic) bond motifs is 1.